The van der Waals surface area contributed by atoms with E-state index in [4.69, 9.17) is 11.6 Å². The van der Waals surface area contributed by atoms with Gasteiger partial charge < -0.3 is 5.32 Å². The third-order valence-corrected chi connectivity index (χ3v) is 2.68. The number of hydrogen-bond donors (Lipinski definition) is 1. The second-order valence-corrected chi connectivity index (χ2v) is 3.90. The van der Waals surface area contributed by atoms with E-state index in [0.717, 1.165) is 41.5 Å². The molecule has 0 bridgehead atoms. The average molecular weight is 209 g/mol. The molecule has 3 heteroatoms. The Bertz CT molecular complexity index is 351. The molecule has 0 saturated carbocycles. The number of aliphatic imine (C=N–C) groups is 1. The van der Waals surface area contributed by atoms with E-state index < -0.39 is 0 Å². The van der Waals surface area contributed by atoms with Crippen LogP contribution in [-0.2, 0) is 0 Å². The van der Waals surface area contributed by atoms with Gasteiger partial charge in [0.05, 0.1) is 10.7 Å². The Morgan fingerprint density at radius 3 is 2.93 bits per heavy atom. The van der Waals surface area contributed by atoms with Crippen molar-refractivity contribution in [2.24, 2.45) is 4.99 Å². The van der Waals surface area contributed by atoms with Crippen molar-refractivity contribution in [2.45, 2.75) is 19.8 Å². The zero-order valence-electron chi connectivity index (χ0n) is 8.18. The Hall–Kier alpha value is -1.02. The number of hydrogen-bond acceptors (Lipinski definition) is 2. The molecule has 74 valence electrons. The van der Waals surface area contributed by atoms with E-state index in [2.05, 4.69) is 10.3 Å². The van der Waals surface area contributed by atoms with Crippen LogP contribution in [0, 0.1) is 6.92 Å². The second-order valence-electron chi connectivity index (χ2n) is 3.49. The lowest BCUT2D eigenvalue weighted by Gasteiger charge is -2.10. The van der Waals surface area contributed by atoms with Crippen LogP contribution in [0.2, 0.25) is 5.02 Å². The third kappa shape index (κ3) is 1.90. The summed E-state index contributed by atoms with van der Waals surface area (Å²) in [6, 6.07) is 5.90. The average Bonchev–Trinajstić information content (AvgIpc) is 2.64. The minimum atomic E-state index is 0.764. The number of anilines is 1. The van der Waals surface area contributed by atoms with Crippen molar-refractivity contribution >= 4 is 23.1 Å². The summed E-state index contributed by atoms with van der Waals surface area (Å²) < 4.78 is 0. The van der Waals surface area contributed by atoms with E-state index in [9.17, 15) is 0 Å². The van der Waals surface area contributed by atoms with Crippen LogP contribution in [-0.4, -0.2) is 12.4 Å². The van der Waals surface area contributed by atoms with Gasteiger partial charge in [-0.15, -0.1) is 0 Å². The number of amidine groups is 1. The maximum absolute atomic E-state index is 6.09. The molecule has 0 aliphatic carbocycles. The smallest absolute Gasteiger partial charge is 0.101 e. The molecular formula is C11H13ClN2. The molecule has 1 aromatic rings. The Morgan fingerprint density at radius 2 is 2.29 bits per heavy atom. The van der Waals surface area contributed by atoms with E-state index >= 15 is 0 Å². The molecule has 1 aliphatic rings. The zero-order chi connectivity index (χ0) is 9.97. The SMILES string of the molecule is Cc1cccc(Cl)c1NC1=NCCC1. The minimum Gasteiger partial charge on any atom is -0.343 e. The summed E-state index contributed by atoms with van der Waals surface area (Å²) in [4.78, 5) is 4.36. The fourth-order valence-electron chi connectivity index (χ4n) is 1.58. The number of benzene rings is 1. The lowest BCUT2D eigenvalue weighted by atomic mass is 10.2. The standard InChI is InChI=1S/C11H13ClN2/c1-8-4-2-5-9(12)11(8)14-10-6-3-7-13-10/h2,4-5H,3,6-7H2,1H3,(H,13,14). The van der Waals surface area contributed by atoms with Crippen molar-refractivity contribution in [3.05, 3.63) is 28.8 Å². The molecule has 14 heavy (non-hydrogen) atoms. The molecule has 0 unspecified atom stereocenters. The van der Waals surface area contributed by atoms with Gasteiger partial charge in [0.15, 0.2) is 0 Å². The third-order valence-electron chi connectivity index (χ3n) is 2.37. The number of para-hydroxylation sites is 1. The molecule has 0 fully saturated rings. The van der Waals surface area contributed by atoms with Crippen molar-refractivity contribution in [2.75, 3.05) is 11.9 Å². The van der Waals surface area contributed by atoms with Crippen LogP contribution >= 0.6 is 11.6 Å². The van der Waals surface area contributed by atoms with Crippen molar-refractivity contribution in [3.63, 3.8) is 0 Å². The van der Waals surface area contributed by atoms with Crippen LogP contribution in [0.4, 0.5) is 5.69 Å². The van der Waals surface area contributed by atoms with E-state index in [-0.39, 0.29) is 0 Å². The Balaban J connectivity index is 2.23. The second kappa shape index (κ2) is 4.01. The van der Waals surface area contributed by atoms with Gasteiger partial charge in [0.2, 0.25) is 0 Å². The van der Waals surface area contributed by atoms with Gasteiger partial charge in [0, 0.05) is 13.0 Å². The molecule has 1 aliphatic heterocycles. The van der Waals surface area contributed by atoms with E-state index in [1.54, 1.807) is 0 Å². The van der Waals surface area contributed by atoms with Gasteiger partial charge in [-0.25, -0.2) is 0 Å². The fourth-order valence-corrected chi connectivity index (χ4v) is 1.85. The normalized spacial score (nSPS) is 15.4. The molecule has 2 nitrogen and oxygen atoms in total. The maximum Gasteiger partial charge on any atom is 0.101 e. The summed E-state index contributed by atoms with van der Waals surface area (Å²) in [7, 11) is 0. The number of aryl methyl sites for hydroxylation is 1. The molecule has 1 heterocycles. The highest BCUT2D eigenvalue weighted by molar-refractivity contribution is 6.34. The van der Waals surface area contributed by atoms with E-state index in [0.29, 0.717) is 0 Å². The fraction of sp³-hybridized carbons (Fsp3) is 0.364. The molecule has 0 spiro atoms. The largest absolute Gasteiger partial charge is 0.343 e. The first kappa shape index (κ1) is 9.53. The molecule has 0 radical (unpaired) electrons. The summed E-state index contributed by atoms with van der Waals surface area (Å²) in [5.41, 5.74) is 2.15. The van der Waals surface area contributed by atoms with Crippen molar-refractivity contribution in [3.8, 4) is 0 Å². The van der Waals surface area contributed by atoms with Gasteiger partial charge in [-0.2, -0.15) is 0 Å². The van der Waals surface area contributed by atoms with Gasteiger partial charge in [0.1, 0.15) is 5.84 Å². The molecular weight excluding hydrogens is 196 g/mol. The number of rotatable bonds is 1. The van der Waals surface area contributed by atoms with Gasteiger partial charge in [-0.3, -0.25) is 4.99 Å². The van der Waals surface area contributed by atoms with Crippen LogP contribution in [0.15, 0.2) is 23.2 Å². The Morgan fingerprint density at radius 1 is 1.43 bits per heavy atom. The van der Waals surface area contributed by atoms with Crippen molar-refractivity contribution < 1.29 is 0 Å². The van der Waals surface area contributed by atoms with Gasteiger partial charge in [-0.05, 0) is 25.0 Å². The first-order chi connectivity index (χ1) is 6.77. The zero-order valence-corrected chi connectivity index (χ0v) is 8.93. The predicted octanol–water partition coefficient (Wildman–Crippen LogP) is 3.25. The van der Waals surface area contributed by atoms with Gasteiger partial charge >= 0.3 is 0 Å². The van der Waals surface area contributed by atoms with Gasteiger partial charge in [0.25, 0.3) is 0 Å². The highest BCUT2D eigenvalue weighted by Gasteiger charge is 2.09. The predicted molar refractivity (Wildman–Crippen MR) is 61.3 cm³/mol. The highest BCUT2D eigenvalue weighted by atomic mass is 35.5. The molecule has 1 N–H and O–H groups in total. The molecule has 2 rings (SSSR count). The van der Waals surface area contributed by atoms with Crippen LogP contribution in [0.3, 0.4) is 0 Å². The minimum absolute atomic E-state index is 0.764. The lowest BCUT2D eigenvalue weighted by Crippen LogP contribution is -2.09. The lowest BCUT2D eigenvalue weighted by molar-refractivity contribution is 0.951. The van der Waals surface area contributed by atoms with Crippen molar-refractivity contribution in [1.82, 2.24) is 0 Å². The van der Waals surface area contributed by atoms with Gasteiger partial charge in [-0.1, -0.05) is 23.7 Å². The van der Waals surface area contributed by atoms with Crippen LogP contribution in [0.1, 0.15) is 18.4 Å². The number of nitrogens with one attached hydrogen (secondary N) is 1. The van der Waals surface area contributed by atoms with Crippen molar-refractivity contribution in [1.29, 1.82) is 0 Å². The van der Waals surface area contributed by atoms with Crippen LogP contribution in [0.25, 0.3) is 0 Å². The molecule has 0 amide bonds. The monoisotopic (exact) mass is 208 g/mol. The molecule has 0 aromatic heterocycles. The molecule has 0 atom stereocenters. The maximum atomic E-state index is 6.09. The molecule has 1 aromatic carbocycles. The highest BCUT2D eigenvalue weighted by Crippen LogP contribution is 2.26. The quantitative estimate of drug-likeness (QED) is 0.753. The first-order valence-corrected chi connectivity index (χ1v) is 5.20. The summed E-state index contributed by atoms with van der Waals surface area (Å²) in [6.07, 6.45) is 2.18. The Labute approximate surface area is 89.0 Å². The molecule has 0 saturated heterocycles. The van der Waals surface area contributed by atoms with Crippen LogP contribution in [0.5, 0.6) is 0 Å². The summed E-state index contributed by atoms with van der Waals surface area (Å²) in [5, 5.41) is 4.06. The van der Waals surface area contributed by atoms with E-state index in [1.165, 1.54) is 0 Å². The van der Waals surface area contributed by atoms with E-state index in [1.807, 2.05) is 25.1 Å². The number of nitrogens with zero attached hydrogens (tertiary/aromatic N) is 1. The number of halogens is 1. The summed E-state index contributed by atoms with van der Waals surface area (Å²) in [6.45, 7) is 2.98. The van der Waals surface area contributed by atoms with Crippen LogP contribution < -0.4 is 5.32 Å². The summed E-state index contributed by atoms with van der Waals surface area (Å²) in [5.74, 6) is 1.06. The summed E-state index contributed by atoms with van der Waals surface area (Å²) >= 11 is 6.09. The Kier molecular flexibility index (Phi) is 2.73. The topological polar surface area (TPSA) is 24.4 Å². The first-order valence-electron chi connectivity index (χ1n) is 4.83.